The molecule has 0 saturated heterocycles. The number of aliphatic hydroxyl groups is 1. The Labute approximate surface area is 106 Å². The molecule has 17 heavy (non-hydrogen) atoms. The zero-order valence-electron chi connectivity index (χ0n) is 10.3. The van der Waals surface area contributed by atoms with Gasteiger partial charge in [0.1, 0.15) is 0 Å². The number of rotatable bonds is 6. The number of amides is 2. The summed E-state index contributed by atoms with van der Waals surface area (Å²) in [5, 5.41) is 19.1. The summed E-state index contributed by atoms with van der Waals surface area (Å²) in [6.45, 7) is 4.80. The molecular formula is C12H20N2O2S. The minimum Gasteiger partial charge on any atom is -0.391 e. The SMILES string of the molecule is CCC(C)C(O)CNC(=O)NCc1ccsc1. The largest absolute Gasteiger partial charge is 0.391 e. The molecule has 2 amide bonds. The molecule has 96 valence electrons. The van der Waals surface area contributed by atoms with E-state index in [4.69, 9.17) is 0 Å². The van der Waals surface area contributed by atoms with E-state index in [9.17, 15) is 9.90 Å². The standard InChI is InChI=1S/C12H20N2O2S/c1-3-9(2)11(15)7-14-12(16)13-6-10-4-5-17-8-10/h4-5,8-9,11,15H,3,6-7H2,1-2H3,(H2,13,14,16). The van der Waals surface area contributed by atoms with Crippen LogP contribution in [-0.2, 0) is 6.54 Å². The molecule has 0 aromatic carbocycles. The third kappa shape index (κ3) is 5.19. The molecule has 1 rings (SSSR count). The van der Waals surface area contributed by atoms with E-state index in [0.29, 0.717) is 13.1 Å². The maximum atomic E-state index is 11.4. The van der Waals surface area contributed by atoms with Crippen LogP contribution in [0.3, 0.4) is 0 Å². The Hall–Kier alpha value is -1.07. The van der Waals surface area contributed by atoms with E-state index in [1.165, 1.54) is 0 Å². The molecule has 1 aromatic heterocycles. The number of nitrogens with one attached hydrogen (secondary N) is 2. The van der Waals surface area contributed by atoms with Gasteiger partial charge in [0.2, 0.25) is 0 Å². The van der Waals surface area contributed by atoms with E-state index in [0.717, 1.165) is 12.0 Å². The Bertz CT molecular complexity index is 327. The predicted octanol–water partition coefficient (Wildman–Crippen LogP) is 1.95. The van der Waals surface area contributed by atoms with Crippen LogP contribution in [0.4, 0.5) is 4.79 Å². The van der Waals surface area contributed by atoms with Crippen molar-refractivity contribution >= 4 is 17.4 Å². The zero-order valence-corrected chi connectivity index (χ0v) is 11.1. The number of hydrogen-bond acceptors (Lipinski definition) is 3. The fourth-order valence-electron chi connectivity index (χ4n) is 1.31. The van der Waals surface area contributed by atoms with Crippen LogP contribution in [-0.4, -0.2) is 23.8 Å². The highest BCUT2D eigenvalue weighted by Gasteiger charge is 2.12. The Kier molecular flexibility index (Phi) is 6.00. The Morgan fingerprint density at radius 1 is 1.53 bits per heavy atom. The number of thiophene rings is 1. The third-order valence-electron chi connectivity index (χ3n) is 2.81. The average molecular weight is 256 g/mol. The first-order valence-corrected chi connectivity index (χ1v) is 6.78. The third-order valence-corrected chi connectivity index (χ3v) is 3.54. The molecule has 4 nitrogen and oxygen atoms in total. The van der Waals surface area contributed by atoms with Crippen molar-refractivity contribution in [1.82, 2.24) is 10.6 Å². The molecule has 0 bridgehead atoms. The van der Waals surface area contributed by atoms with Gasteiger partial charge in [0.25, 0.3) is 0 Å². The molecule has 0 saturated carbocycles. The predicted molar refractivity (Wildman–Crippen MR) is 70.0 cm³/mol. The lowest BCUT2D eigenvalue weighted by molar-refractivity contribution is 0.114. The zero-order chi connectivity index (χ0) is 12.7. The van der Waals surface area contributed by atoms with Crippen molar-refractivity contribution in [3.05, 3.63) is 22.4 Å². The van der Waals surface area contributed by atoms with Crippen LogP contribution >= 0.6 is 11.3 Å². The minimum absolute atomic E-state index is 0.201. The molecule has 1 aromatic rings. The van der Waals surface area contributed by atoms with Crippen LogP contribution in [0.1, 0.15) is 25.8 Å². The fourth-order valence-corrected chi connectivity index (χ4v) is 1.98. The van der Waals surface area contributed by atoms with E-state index < -0.39 is 6.10 Å². The van der Waals surface area contributed by atoms with Gasteiger partial charge < -0.3 is 15.7 Å². The maximum absolute atomic E-state index is 11.4. The maximum Gasteiger partial charge on any atom is 0.315 e. The molecule has 0 fully saturated rings. The van der Waals surface area contributed by atoms with Crippen LogP contribution in [0.2, 0.25) is 0 Å². The van der Waals surface area contributed by atoms with E-state index in [1.807, 2.05) is 30.7 Å². The van der Waals surface area contributed by atoms with Crippen molar-refractivity contribution in [3.63, 3.8) is 0 Å². The average Bonchev–Trinajstić information content (AvgIpc) is 2.85. The van der Waals surface area contributed by atoms with Crippen LogP contribution in [0.15, 0.2) is 16.8 Å². The van der Waals surface area contributed by atoms with Gasteiger partial charge in [0.05, 0.1) is 6.10 Å². The van der Waals surface area contributed by atoms with E-state index in [1.54, 1.807) is 11.3 Å². The van der Waals surface area contributed by atoms with Crippen molar-refractivity contribution in [2.45, 2.75) is 32.9 Å². The van der Waals surface area contributed by atoms with E-state index >= 15 is 0 Å². The molecular weight excluding hydrogens is 236 g/mol. The van der Waals surface area contributed by atoms with E-state index in [-0.39, 0.29) is 11.9 Å². The Morgan fingerprint density at radius 2 is 2.29 bits per heavy atom. The molecule has 2 unspecified atom stereocenters. The summed E-state index contributed by atoms with van der Waals surface area (Å²) in [5.41, 5.74) is 1.09. The molecule has 5 heteroatoms. The van der Waals surface area contributed by atoms with Gasteiger partial charge in [-0.15, -0.1) is 0 Å². The van der Waals surface area contributed by atoms with Crippen molar-refractivity contribution < 1.29 is 9.90 Å². The highest BCUT2D eigenvalue weighted by Crippen LogP contribution is 2.06. The van der Waals surface area contributed by atoms with Gasteiger partial charge in [-0.3, -0.25) is 0 Å². The summed E-state index contributed by atoms with van der Waals surface area (Å²) in [6, 6.07) is 1.73. The lowest BCUT2D eigenvalue weighted by atomic mass is 10.0. The second-order valence-electron chi connectivity index (χ2n) is 4.15. The number of hydrogen-bond donors (Lipinski definition) is 3. The van der Waals surface area contributed by atoms with Gasteiger partial charge >= 0.3 is 6.03 Å². The second kappa shape index (κ2) is 7.29. The molecule has 0 aliphatic rings. The van der Waals surface area contributed by atoms with Gasteiger partial charge in [0, 0.05) is 13.1 Å². The Balaban J connectivity index is 2.17. The number of aliphatic hydroxyl groups excluding tert-OH is 1. The van der Waals surface area contributed by atoms with Crippen LogP contribution in [0.5, 0.6) is 0 Å². The molecule has 2 atom stereocenters. The second-order valence-corrected chi connectivity index (χ2v) is 4.93. The van der Waals surface area contributed by atoms with Gasteiger partial charge in [0.15, 0.2) is 0 Å². The molecule has 0 spiro atoms. The minimum atomic E-state index is -0.480. The summed E-state index contributed by atoms with van der Waals surface area (Å²) in [4.78, 5) is 11.4. The highest BCUT2D eigenvalue weighted by molar-refractivity contribution is 7.07. The Morgan fingerprint density at radius 3 is 2.88 bits per heavy atom. The summed E-state index contributed by atoms with van der Waals surface area (Å²) in [5.74, 6) is 0.201. The van der Waals surface area contributed by atoms with Gasteiger partial charge in [-0.1, -0.05) is 20.3 Å². The molecule has 3 N–H and O–H groups in total. The first-order valence-electron chi connectivity index (χ1n) is 5.84. The van der Waals surface area contributed by atoms with Crippen molar-refractivity contribution in [3.8, 4) is 0 Å². The molecule has 1 heterocycles. The summed E-state index contributed by atoms with van der Waals surface area (Å²) < 4.78 is 0. The monoisotopic (exact) mass is 256 g/mol. The van der Waals surface area contributed by atoms with Crippen LogP contribution < -0.4 is 10.6 Å². The molecule has 0 aliphatic carbocycles. The smallest absolute Gasteiger partial charge is 0.315 e. The topological polar surface area (TPSA) is 61.4 Å². The lowest BCUT2D eigenvalue weighted by Crippen LogP contribution is -2.41. The number of carbonyl (C=O) groups is 1. The van der Waals surface area contributed by atoms with Crippen LogP contribution in [0, 0.1) is 5.92 Å². The fraction of sp³-hybridized carbons (Fsp3) is 0.583. The van der Waals surface area contributed by atoms with Gasteiger partial charge in [-0.2, -0.15) is 11.3 Å². The van der Waals surface area contributed by atoms with E-state index in [2.05, 4.69) is 10.6 Å². The molecule has 0 aliphatic heterocycles. The quantitative estimate of drug-likeness (QED) is 0.728. The summed E-state index contributed by atoms with van der Waals surface area (Å²) in [7, 11) is 0. The summed E-state index contributed by atoms with van der Waals surface area (Å²) in [6.07, 6.45) is 0.422. The van der Waals surface area contributed by atoms with Crippen molar-refractivity contribution in [2.75, 3.05) is 6.54 Å². The number of carbonyl (C=O) groups excluding carboxylic acids is 1. The van der Waals surface area contributed by atoms with Crippen molar-refractivity contribution in [2.24, 2.45) is 5.92 Å². The van der Waals surface area contributed by atoms with Crippen molar-refractivity contribution in [1.29, 1.82) is 0 Å². The normalized spacial score (nSPS) is 14.1. The van der Waals surface area contributed by atoms with Gasteiger partial charge in [-0.25, -0.2) is 4.79 Å². The highest BCUT2D eigenvalue weighted by atomic mass is 32.1. The lowest BCUT2D eigenvalue weighted by Gasteiger charge is -2.17. The molecule has 0 radical (unpaired) electrons. The van der Waals surface area contributed by atoms with Gasteiger partial charge in [-0.05, 0) is 28.3 Å². The first-order chi connectivity index (χ1) is 8.13. The van der Waals surface area contributed by atoms with Crippen LogP contribution in [0.25, 0.3) is 0 Å². The summed E-state index contributed by atoms with van der Waals surface area (Å²) >= 11 is 1.60. The number of urea groups is 1. The first kappa shape index (κ1) is 14.0.